The van der Waals surface area contributed by atoms with Crippen molar-refractivity contribution in [2.75, 3.05) is 25.1 Å². The molecule has 1 aromatic heterocycles. The molecule has 0 amide bonds. The molecule has 0 radical (unpaired) electrons. The van der Waals surface area contributed by atoms with Crippen molar-refractivity contribution in [1.29, 1.82) is 0 Å². The van der Waals surface area contributed by atoms with Gasteiger partial charge < -0.3 is 14.4 Å². The van der Waals surface area contributed by atoms with Crippen LogP contribution in [0.2, 0.25) is 0 Å². The number of methoxy groups -OCH3 is 1. The SMILES string of the molecule is COC(=O)c1ccc(N2CC(C)OC(c3ccccc3)C2)nn1. The van der Waals surface area contributed by atoms with E-state index in [0.29, 0.717) is 6.54 Å². The average molecular weight is 313 g/mol. The second-order valence-electron chi connectivity index (χ2n) is 5.52. The molecule has 6 heteroatoms. The fraction of sp³-hybridized carbons (Fsp3) is 0.353. The Kier molecular flexibility index (Phi) is 4.52. The van der Waals surface area contributed by atoms with E-state index in [-0.39, 0.29) is 17.9 Å². The van der Waals surface area contributed by atoms with E-state index >= 15 is 0 Å². The summed E-state index contributed by atoms with van der Waals surface area (Å²) in [6.07, 6.45) is 0.0677. The highest BCUT2D eigenvalue weighted by Gasteiger charge is 2.27. The number of ether oxygens (including phenoxy) is 2. The lowest BCUT2D eigenvalue weighted by Crippen LogP contribution is -2.43. The van der Waals surface area contributed by atoms with Crippen LogP contribution in [-0.4, -0.2) is 42.5 Å². The number of aromatic nitrogens is 2. The largest absolute Gasteiger partial charge is 0.464 e. The van der Waals surface area contributed by atoms with Gasteiger partial charge in [0.05, 0.1) is 13.2 Å². The zero-order chi connectivity index (χ0) is 16.2. The minimum Gasteiger partial charge on any atom is -0.464 e. The highest BCUT2D eigenvalue weighted by Crippen LogP contribution is 2.27. The Balaban J connectivity index is 1.78. The molecule has 0 bridgehead atoms. The number of nitrogens with zero attached hydrogens (tertiary/aromatic N) is 3. The van der Waals surface area contributed by atoms with Gasteiger partial charge in [-0.05, 0) is 24.6 Å². The van der Waals surface area contributed by atoms with Crippen LogP contribution in [0.4, 0.5) is 5.82 Å². The number of morpholine rings is 1. The fourth-order valence-corrected chi connectivity index (χ4v) is 2.70. The van der Waals surface area contributed by atoms with Crippen molar-refractivity contribution in [3.05, 3.63) is 53.7 Å². The van der Waals surface area contributed by atoms with Gasteiger partial charge in [-0.1, -0.05) is 30.3 Å². The Morgan fingerprint density at radius 3 is 2.61 bits per heavy atom. The Bertz CT molecular complexity index is 661. The average Bonchev–Trinajstić information content (AvgIpc) is 2.61. The summed E-state index contributed by atoms with van der Waals surface area (Å²) in [4.78, 5) is 13.6. The molecule has 2 unspecified atom stereocenters. The molecular weight excluding hydrogens is 294 g/mol. The molecule has 0 aliphatic carbocycles. The van der Waals surface area contributed by atoms with Crippen LogP contribution >= 0.6 is 0 Å². The minimum atomic E-state index is -0.485. The third-order valence-corrected chi connectivity index (χ3v) is 3.80. The molecule has 3 rings (SSSR count). The summed E-state index contributed by atoms with van der Waals surface area (Å²) < 4.78 is 10.7. The molecule has 2 heterocycles. The molecule has 1 saturated heterocycles. The highest BCUT2D eigenvalue weighted by molar-refractivity contribution is 5.86. The summed E-state index contributed by atoms with van der Waals surface area (Å²) in [6.45, 7) is 3.47. The van der Waals surface area contributed by atoms with Gasteiger partial charge in [0.25, 0.3) is 0 Å². The number of anilines is 1. The second kappa shape index (κ2) is 6.75. The van der Waals surface area contributed by atoms with E-state index in [1.54, 1.807) is 12.1 Å². The molecule has 0 spiro atoms. The maximum atomic E-state index is 11.4. The summed E-state index contributed by atoms with van der Waals surface area (Å²) in [6, 6.07) is 13.6. The highest BCUT2D eigenvalue weighted by atomic mass is 16.5. The van der Waals surface area contributed by atoms with E-state index in [4.69, 9.17) is 4.74 Å². The van der Waals surface area contributed by atoms with Gasteiger partial charge in [0.2, 0.25) is 0 Å². The van der Waals surface area contributed by atoms with Crippen LogP contribution in [0.1, 0.15) is 29.1 Å². The zero-order valence-corrected chi connectivity index (χ0v) is 13.2. The van der Waals surface area contributed by atoms with E-state index in [1.807, 2.05) is 25.1 Å². The van der Waals surface area contributed by atoms with Crippen molar-refractivity contribution < 1.29 is 14.3 Å². The molecule has 0 N–H and O–H groups in total. The molecule has 1 aliphatic rings. The molecule has 0 saturated carbocycles. The first kappa shape index (κ1) is 15.4. The van der Waals surface area contributed by atoms with E-state index in [2.05, 4.69) is 32.0 Å². The molecule has 1 aromatic carbocycles. The summed E-state index contributed by atoms with van der Waals surface area (Å²) in [5.41, 5.74) is 1.35. The van der Waals surface area contributed by atoms with Crippen LogP contribution < -0.4 is 4.90 Å². The number of rotatable bonds is 3. The van der Waals surface area contributed by atoms with E-state index in [0.717, 1.165) is 17.9 Å². The van der Waals surface area contributed by atoms with Crippen molar-refractivity contribution in [2.24, 2.45) is 0 Å². The van der Waals surface area contributed by atoms with Crippen LogP contribution in [0.15, 0.2) is 42.5 Å². The Hall–Kier alpha value is -2.47. The summed E-state index contributed by atoms with van der Waals surface area (Å²) >= 11 is 0. The van der Waals surface area contributed by atoms with Gasteiger partial charge in [0, 0.05) is 13.1 Å². The number of benzene rings is 1. The predicted octanol–water partition coefficient (Wildman–Crippen LogP) is 2.23. The van der Waals surface area contributed by atoms with Crippen molar-refractivity contribution in [3.63, 3.8) is 0 Å². The maximum Gasteiger partial charge on any atom is 0.358 e. The van der Waals surface area contributed by atoms with Gasteiger partial charge in [-0.15, -0.1) is 10.2 Å². The van der Waals surface area contributed by atoms with Gasteiger partial charge in [-0.25, -0.2) is 4.79 Å². The van der Waals surface area contributed by atoms with Gasteiger partial charge >= 0.3 is 5.97 Å². The Morgan fingerprint density at radius 2 is 1.96 bits per heavy atom. The third kappa shape index (κ3) is 3.48. The van der Waals surface area contributed by atoms with Gasteiger partial charge in [0.1, 0.15) is 6.10 Å². The standard InChI is InChI=1S/C17H19N3O3/c1-12-10-20(11-15(23-12)13-6-4-3-5-7-13)16-9-8-14(18-19-16)17(21)22-2/h3-9,12,15H,10-11H2,1-2H3. The summed E-state index contributed by atoms with van der Waals surface area (Å²) in [5.74, 6) is 0.246. The number of esters is 1. The van der Waals surface area contributed by atoms with Crippen LogP contribution in [0.25, 0.3) is 0 Å². The fourth-order valence-electron chi connectivity index (χ4n) is 2.70. The molecule has 2 atom stereocenters. The summed E-state index contributed by atoms with van der Waals surface area (Å²) in [5, 5.41) is 8.09. The van der Waals surface area contributed by atoms with Crippen molar-refractivity contribution in [2.45, 2.75) is 19.1 Å². The van der Waals surface area contributed by atoms with Crippen molar-refractivity contribution in [3.8, 4) is 0 Å². The monoisotopic (exact) mass is 313 g/mol. The third-order valence-electron chi connectivity index (χ3n) is 3.80. The van der Waals surface area contributed by atoms with Crippen molar-refractivity contribution >= 4 is 11.8 Å². The number of hydrogen-bond acceptors (Lipinski definition) is 6. The molecule has 2 aromatic rings. The van der Waals surface area contributed by atoms with E-state index < -0.39 is 5.97 Å². The molecule has 120 valence electrons. The number of carbonyl (C=O) groups is 1. The lowest BCUT2D eigenvalue weighted by Gasteiger charge is -2.37. The normalized spacial score (nSPS) is 21.0. The first-order valence-electron chi connectivity index (χ1n) is 7.55. The molecule has 1 fully saturated rings. The number of carbonyl (C=O) groups excluding carboxylic acids is 1. The Labute approximate surface area is 135 Å². The van der Waals surface area contributed by atoms with E-state index in [9.17, 15) is 4.79 Å². The second-order valence-corrected chi connectivity index (χ2v) is 5.52. The van der Waals surface area contributed by atoms with Crippen LogP contribution in [-0.2, 0) is 9.47 Å². The lowest BCUT2D eigenvalue weighted by atomic mass is 10.1. The van der Waals surface area contributed by atoms with Crippen LogP contribution in [0.5, 0.6) is 0 Å². The molecular formula is C17H19N3O3. The van der Waals surface area contributed by atoms with Gasteiger partial charge in [0.15, 0.2) is 11.5 Å². The topological polar surface area (TPSA) is 64.5 Å². The zero-order valence-electron chi connectivity index (χ0n) is 13.2. The van der Waals surface area contributed by atoms with Gasteiger partial charge in [-0.2, -0.15) is 0 Å². The van der Waals surface area contributed by atoms with E-state index in [1.165, 1.54) is 7.11 Å². The predicted molar refractivity (Wildman–Crippen MR) is 85.3 cm³/mol. The number of hydrogen-bond donors (Lipinski definition) is 0. The quantitative estimate of drug-likeness (QED) is 0.810. The minimum absolute atomic E-state index is 0.0120. The maximum absolute atomic E-state index is 11.4. The van der Waals surface area contributed by atoms with Crippen molar-refractivity contribution in [1.82, 2.24) is 10.2 Å². The lowest BCUT2D eigenvalue weighted by molar-refractivity contribution is -0.0176. The first-order valence-corrected chi connectivity index (χ1v) is 7.55. The first-order chi connectivity index (χ1) is 11.2. The molecule has 6 nitrogen and oxygen atoms in total. The molecule has 23 heavy (non-hydrogen) atoms. The smallest absolute Gasteiger partial charge is 0.358 e. The summed E-state index contributed by atoms with van der Waals surface area (Å²) in [7, 11) is 1.33. The Morgan fingerprint density at radius 1 is 1.17 bits per heavy atom. The van der Waals surface area contributed by atoms with Gasteiger partial charge in [-0.3, -0.25) is 0 Å². The van der Waals surface area contributed by atoms with Crippen LogP contribution in [0.3, 0.4) is 0 Å². The molecule has 1 aliphatic heterocycles. The van der Waals surface area contributed by atoms with Crippen LogP contribution in [0, 0.1) is 0 Å².